The zero-order chi connectivity index (χ0) is 11.3. The molecule has 0 aliphatic rings. The first kappa shape index (κ1) is 11.9. The Morgan fingerprint density at radius 3 is 2.73 bits per heavy atom. The van der Waals surface area contributed by atoms with Crippen molar-refractivity contribution < 1.29 is 8.42 Å². The van der Waals surface area contributed by atoms with Gasteiger partial charge in [0.1, 0.15) is 5.82 Å². The van der Waals surface area contributed by atoms with E-state index in [0.717, 1.165) is 0 Å². The predicted molar refractivity (Wildman–Crippen MR) is 60.1 cm³/mol. The third kappa shape index (κ3) is 3.17. The summed E-state index contributed by atoms with van der Waals surface area (Å²) in [7, 11) is -1.79. The van der Waals surface area contributed by atoms with E-state index >= 15 is 0 Å². The number of nitrogens with two attached hydrogens (primary N) is 1. The van der Waals surface area contributed by atoms with E-state index < -0.39 is 10.0 Å². The molecule has 1 aromatic rings. The average Bonchev–Trinajstić information content (AvgIpc) is 2.26. The molecule has 0 spiro atoms. The van der Waals surface area contributed by atoms with Gasteiger partial charge in [0.15, 0.2) is 0 Å². The summed E-state index contributed by atoms with van der Waals surface area (Å²) >= 11 is 0. The molecular weight excluding hydrogens is 214 g/mol. The van der Waals surface area contributed by atoms with Gasteiger partial charge >= 0.3 is 0 Å². The molecule has 0 fully saturated rings. The van der Waals surface area contributed by atoms with Gasteiger partial charge in [0.25, 0.3) is 0 Å². The molecule has 84 valence electrons. The second-order valence-electron chi connectivity index (χ2n) is 3.11. The minimum absolute atomic E-state index is 0.0522. The Kier molecular flexibility index (Phi) is 4.05. The van der Waals surface area contributed by atoms with Crippen molar-refractivity contribution >= 4 is 15.8 Å². The summed E-state index contributed by atoms with van der Waals surface area (Å²) in [5.74, 6) is 0.478. The van der Waals surface area contributed by atoms with Gasteiger partial charge in [0, 0.05) is 13.2 Å². The quantitative estimate of drug-likeness (QED) is 0.782. The molecule has 1 rings (SSSR count). The second kappa shape index (κ2) is 5.09. The third-order valence-electron chi connectivity index (χ3n) is 2.00. The van der Waals surface area contributed by atoms with Crippen LogP contribution in [-0.2, 0) is 10.0 Å². The molecule has 0 saturated carbocycles. The smallest absolute Gasteiger partial charge is 0.236 e. The van der Waals surface area contributed by atoms with E-state index in [1.54, 1.807) is 24.4 Å². The van der Waals surface area contributed by atoms with Crippen LogP contribution in [0.2, 0.25) is 0 Å². The van der Waals surface area contributed by atoms with Gasteiger partial charge in [-0.15, -0.1) is 0 Å². The first-order chi connectivity index (χ1) is 7.08. The Labute approximate surface area is 90.0 Å². The van der Waals surface area contributed by atoms with Crippen LogP contribution >= 0.6 is 0 Å². The lowest BCUT2D eigenvalue weighted by atomic mass is 10.5. The van der Waals surface area contributed by atoms with Crippen LogP contribution in [0.5, 0.6) is 0 Å². The summed E-state index contributed by atoms with van der Waals surface area (Å²) in [6, 6.07) is 5.14. The van der Waals surface area contributed by atoms with Gasteiger partial charge in [-0.3, -0.25) is 4.31 Å². The molecule has 1 heterocycles. The Morgan fingerprint density at radius 2 is 2.20 bits per heavy atom. The highest BCUT2D eigenvalue weighted by molar-refractivity contribution is 7.92. The lowest BCUT2D eigenvalue weighted by Gasteiger charge is -2.17. The molecule has 0 radical (unpaired) electrons. The van der Waals surface area contributed by atoms with Crippen LogP contribution in [-0.4, -0.2) is 32.7 Å². The Balaban J connectivity index is 2.80. The molecule has 6 heteroatoms. The fourth-order valence-electron chi connectivity index (χ4n) is 1.09. The Morgan fingerprint density at radius 1 is 1.47 bits per heavy atom. The van der Waals surface area contributed by atoms with Crippen molar-refractivity contribution in [2.45, 2.75) is 6.42 Å². The van der Waals surface area contributed by atoms with Crippen molar-refractivity contribution in [2.24, 2.45) is 5.73 Å². The molecular formula is C9H15N3O2S. The molecule has 0 unspecified atom stereocenters. The molecule has 0 amide bonds. The maximum absolute atomic E-state index is 11.7. The number of rotatable bonds is 5. The van der Waals surface area contributed by atoms with Crippen molar-refractivity contribution in [2.75, 3.05) is 23.7 Å². The molecule has 5 nitrogen and oxygen atoms in total. The predicted octanol–water partition coefficient (Wildman–Crippen LogP) is 0.196. The van der Waals surface area contributed by atoms with E-state index in [-0.39, 0.29) is 5.75 Å². The first-order valence-electron chi connectivity index (χ1n) is 4.65. The molecule has 0 bridgehead atoms. The SMILES string of the molecule is CN(c1ccccn1)S(=O)(=O)CCCN. The van der Waals surface area contributed by atoms with Crippen LogP contribution in [0.25, 0.3) is 0 Å². The Hall–Kier alpha value is -1.14. The molecule has 0 aliphatic heterocycles. The van der Waals surface area contributed by atoms with Crippen molar-refractivity contribution in [3.05, 3.63) is 24.4 Å². The van der Waals surface area contributed by atoms with Gasteiger partial charge in [-0.1, -0.05) is 6.07 Å². The maximum Gasteiger partial charge on any atom is 0.236 e. The van der Waals surface area contributed by atoms with E-state index in [9.17, 15) is 8.42 Å². The highest BCUT2D eigenvalue weighted by atomic mass is 32.2. The van der Waals surface area contributed by atoms with Crippen molar-refractivity contribution in [3.8, 4) is 0 Å². The van der Waals surface area contributed by atoms with Crippen molar-refractivity contribution in [3.63, 3.8) is 0 Å². The van der Waals surface area contributed by atoms with E-state index in [2.05, 4.69) is 4.98 Å². The molecule has 15 heavy (non-hydrogen) atoms. The summed E-state index contributed by atoms with van der Waals surface area (Å²) in [4.78, 5) is 3.97. The summed E-state index contributed by atoms with van der Waals surface area (Å²) in [6.45, 7) is 0.370. The van der Waals surface area contributed by atoms with Gasteiger partial charge in [0.2, 0.25) is 10.0 Å². The minimum atomic E-state index is -3.28. The number of anilines is 1. The van der Waals surface area contributed by atoms with Gasteiger partial charge in [-0.25, -0.2) is 13.4 Å². The fraction of sp³-hybridized carbons (Fsp3) is 0.444. The summed E-state index contributed by atoms with van der Waals surface area (Å²) in [5.41, 5.74) is 5.28. The van der Waals surface area contributed by atoms with E-state index in [0.29, 0.717) is 18.8 Å². The van der Waals surface area contributed by atoms with E-state index in [4.69, 9.17) is 5.73 Å². The van der Waals surface area contributed by atoms with E-state index in [1.165, 1.54) is 11.4 Å². The average molecular weight is 229 g/mol. The van der Waals surface area contributed by atoms with Crippen molar-refractivity contribution in [1.29, 1.82) is 0 Å². The number of hydrogen-bond donors (Lipinski definition) is 1. The summed E-state index contributed by atoms with van der Waals surface area (Å²) in [6.07, 6.45) is 2.02. The fourth-order valence-corrected chi connectivity index (χ4v) is 2.28. The molecule has 0 atom stereocenters. The lowest BCUT2D eigenvalue weighted by Crippen LogP contribution is -2.30. The van der Waals surface area contributed by atoms with Crippen LogP contribution in [0, 0.1) is 0 Å². The molecule has 0 aliphatic carbocycles. The number of pyridine rings is 1. The topological polar surface area (TPSA) is 76.3 Å². The van der Waals surface area contributed by atoms with Crippen LogP contribution in [0.15, 0.2) is 24.4 Å². The van der Waals surface area contributed by atoms with Gasteiger partial charge in [0.05, 0.1) is 5.75 Å². The lowest BCUT2D eigenvalue weighted by molar-refractivity contribution is 0.591. The summed E-state index contributed by atoms with van der Waals surface area (Å²) in [5, 5.41) is 0. The van der Waals surface area contributed by atoms with Crippen LogP contribution in [0.1, 0.15) is 6.42 Å². The number of aromatic nitrogens is 1. The molecule has 1 aromatic heterocycles. The summed E-state index contributed by atoms with van der Waals surface area (Å²) < 4.78 is 24.6. The molecule has 0 saturated heterocycles. The standard InChI is InChI=1S/C9H15N3O2S/c1-12(9-5-2-3-7-11-9)15(13,14)8-4-6-10/h2-3,5,7H,4,6,8,10H2,1H3. The number of sulfonamides is 1. The van der Waals surface area contributed by atoms with Crippen LogP contribution in [0.4, 0.5) is 5.82 Å². The van der Waals surface area contributed by atoms with Crippen molar-refractivity contribution in [1.82, 2.24) is 4.98 Å². The molecule has 0 aromatic carbocycles. The van der Waals surface area contributed by atoms with E-state index in [1.807, 2.05) is 0 Å². The Bertz CT molecular complexity index is 391. The number of nitrogens with zero attached hydrogens (tertiary/aromatic N) is 2. The monoisotopic (exact) mass is 229 g/mol. The van der Waals surface area contributed by atoms with Gasteiger partial charge in [-0.2, -0.15) is 0 Å². The largest absolute Gasteiger partial charge is 0.330 e. The first-order valence-corrected chi connectivity index (χ1v) is 6.26. The maximum atomic E-state index is 11.7. The van der Waals surface area contributed by atoms with Gasteiger partial charge < -0.3 is 5.73 Å². The third-order valence-corrected chi connectivity index (χ3v) is 3.82. The minimum Gasteiger partial charge on any atom is -0.330 e. The number of hydrogen-bond acceptors (Lipinski definition) is 4. The normalized spacial score (nSPS) is 11.3. The van der Waals surface area contributed by atoms with Crippen LogP contribution in [0.3, 0.4) is 0 Å². The van der Waals surface area contributed by atoms with Gasteiger partial charge in [-0.05, 0) is 25.1 Å². The highest BCUT2D eigenvalue weighted by Crippen LogP contribution is 2.12. The highest BCUT2D eigenvalue weighted by Gasteiger charge is 2.17. The second-order valence-corrected chi connectivity index (χ2v) is 5.23. The molecule has 2 N–H and O–H groups in total. The van der Waals surface area contributed by atoms with Crippen LogP contribution < -0.4 is 10.0 Å². The zero-order valence-corrected chi connectivity index (χ0v) is 9.44. The zero-order valence-electron chi connectivity index (χ0n) is 8.63.